The second-order valence-electron chi connectivity index (χ2n) is 3.51. The summed E-state index contributed by atoms with van der Waals surface area (Å²) >= 11 is 5.77. The lowest BCUT2D eigenvalue weighted by Gasteiger charge is -2.26. The third kappa shape index (κ3) is 5.50. The molecular weight excluding hydrogens is 184 g/mol. The van der Waals surface area contributed by atoms with Gasteiger partial charge >= 0.3 is 0 Å². The van der Waals surface area contributed by atoms with Gasteiger partial charge in [0.25, 0.3) is 0 Å². The van der Waals surface area contributed by atoms with Gasteiger partial charge in [-0.1, -0.05) is 13.8 Å². The summed E-state index contributed by atoms with van der Waals surface area (Å²) in [7, 11) is 2.14. The predicted octanol–water partition coefficient (Wildman–Crippen LogP) is 1.89. The maximum atomic E-state index is 5.77. The molecule has 0 amide bonds. The van der Waals surface area contributed by atoms with Gasteiger partial charge in [0, 0.05) is 25.0 Å². The molecule has 13 heavy (non-hydrogen) atoms. The first kappa shape index (κ1) is 13.2. The molecule has 0 aliphatic heterocycles. The maximum Gasteiger partial charge on any atom is 0.0376 e. The van der Waals surface area contributed by atoms with Gasteiger partial charge in [-0.2, -0.15) is 0 Å². The summed E-state index contributed by atoms with van der Waals surface area (Å²) < 4.78 is 0. The minimum absolute atomic E-state index is 0.484. The van der Waals surface area contributed by atoms with Crippen LogP contribution in [0.15, 0.2) is 0 Å². The van der Waals surface area contributed by atoms with E-state index < -0.39 is 0 Å². The molecule has 1 atom stereocenters. The largest absolute Gasteiger partial charge is 0.303 e. The van der Waals surface area contributed by atoms with Crippen molar-refractivity contribution in [3.63, 3.8) is 0 Å². The summed E-state index contributed by atoms with van der Waals surface area (Å²) in [5.41, 5.74) is 0. The maximum absolute atomic E-state index is 5.77. The third-order valence-corrected chi connectivity index (χ3v) is 3.09. The molecule has 0 heterocycles. The first-order chi connectivity index (χ1) is 6.15. The van der Waals surface area contributed by atoms with Gasteiger partial charge in [0.15, 0.2) is 0 Å². The van der Waals surface area contributed by atoms with Crippen LogP contribution in [0.3, 0.4) is 0 Å². The Hall–Kier alpha value is 0.210. The van der Waals surface area contributed by atoms with Crippen LogP contribution in [0.4, 0.5) is 0 Å². The smallest absolute Gasteiger partial charge is 0.0376 e. The van der Waals surface area contributed by atoms with Gasteiger partial charge in [-0.25, -0.2) is 0 Å². The van der Waals surface area contributed by atoms with Crippen LogP contribution in [0.5, 0.6) is 0 Å². The Morgan fingerprint density at radius 1 is 1.15 bits per heavy atom. The lowest BCUT2D eigenvalue weighted by atomic mass is 10.3. The molecule has 0 aliphatic rings. The van der Waals surface area contributed by atoms with Gasteiger partial charge in [-0.3, -0.25) is 0 Å². The van der Waals surface area contributed by atoms with E-state index in [1.807, 2.05) is 0 Å². The monoisotopic (exact) mass is 206 g/mol. The predicted molar refractivity (Wildman–Crippen MR) is 60.6 cm³/mol. The molecule has 0 saturated carbocycles. The second-order valence-corrected chi connectivity index (χ2v) is 3.82. The van der Waals surface area contributed by atoms with Gasteiger partial charge in [0.2, 0.25) is 0 Å². The molecule has 0 aromatic heterocycles. The van der Waals surface area contributed by atoms with Crippen molar-refractivity contribution in [1.82, 2.24) is 9.80 Å². The van der Waals surface area contributed by atoms with E-state index in [1.165, 1.54) is 0 Å². The van der Waals surface area contributed by atoms with Crippen molar-refractivity contribution in [3.8, 4) is 0 Å². The van der Waals surface area contributed by atoms with Crippen LogP contribution in [0, 0.1) is 0 Å². The zero-order valence-electron chi connectivity index (χ0n) is 9.39. The quantitative estimate of drug-likeness (QED) is 0.587. The number of hydrogen-bond donors (Lipinski definition) is 0. The Labute approximate surface area is 87.8 Å². The fourth-order valence-corrected chi connectivity index (χ4v) is 1.41. The van der Waals surface area contributed by atoms with Gasteiger partial charge in [-0.15, -0.1) is 11.6 Å². The van der Waals surface area contributed by atoms with E-state index in [-0.39, 0.29) is 0 Å². The molecule has 0 aromatic rings. The van der Waals surface area contributed by atoms with Gasteiger partial charge in [0.05, 0.1) is 0 Å². The summed E-state index contributed by atoms with van der Waals surface area (Å²) in [5.74, 6) is 0.717. The molecule has 80 valence electrons. The van der Waals surface area contributed by atoms with E-state index in [1.54, 1.807) is 0 Å². The van der Waals surface area contributed by atoms with E-state index in [2.05, 4.69) is 37.6 Å². The van der Waals surface area contributed by atoms with Crippen molar-refractivity contribution in [2.75, 3.05) is 39.1 Å². The Balaban J connectivity index is 3.61. The molecule has 0 bridgehead atoms. The molecule has 0 N–H and O–H groups in total. The Morgan fingerprint density at radius 3 is 2.08 bits per heavy atom. The van der Waals surface area contributed by atoms with Crippen LogP contribution in [0.25, 0.3) is 0 Å². The molecule has 0 fully saturated rings. The van der Waals surface area contributed by atoms with Gasteiger partial charge in [0.1, 0.15) is 0 Å². The molecule has 0 aliphatic carbocycles. The molecule has 0 rings (SSSR count). The SMILES string of the molecule is CCN(CC)CCN(C)C(C)CCl. The molecule has 3 heteroatoms. The normalized spacial score (nSPS) is 14.1. The molecule has 2 nitrogen and oxygen atoms in total. The van der Waals surface area contributed by atoms with Crippen LogP contribution in [-0.2, 0) is 0 Å². The van der Waals surface area contributed by atoms with Crippen LogP contribution >= 0.6 is 11.6 Å². The highest BCUT2D eigenvalue weighted by atomic mass is 35.5. The first-order valence-electron chi connectivity index (χ1n) is 5.14. The first-order valence-corrected chi connectivity index (χ1v) is 5.67. The van der Waals surface area contributed by atoms with Crippen molar-refractivity contribution in [3.05, 3.63) is 0 Å². The summed E-state index contributed by atoms with van der Waals surface area (Å²) in [4.78, 5) is 4.74. The molecule has 1 unspecified atom stereocenters. The number of likely N-dealkylation sites (N-methyl/N-ethyl adjacent to an activating group) is 2. The van der Waals surface area contributed by atoms with E-state index >= 15 is 0 Å². The Bertz CT molecular complexity index is 115. The topological polar surface area (TPSA) is 6.48 Å². The lowest BCUT2D eigenvalue weighted by molar-refractivity contribution is 0.215. The fourth-order valence-electron chi connectivity index (χ4n) is 1.18. The van der Waals surface area contributed by atoms with Crippen molar-refractivity contribution >= 4 is 11.6 Å². The van der Waals surface area contributed by atoms with Crippen LogP contribution in [-0.4, -0.2) is 54.9 Å². The van der Waals surface area contributed by atoms with Crippen molar-refractivity contribution in [1.29, 1.82) is 0 Å². The number of hydrogen-bond acceptors (Lipinski definition) is 2. The number of halogens is 1. The molecule has 0 radical (unpaired) electrons. The minimum Gasteiger partial charge on any atom is -0.303 e. The zero-order chi connectivity index (χ0) is 10.3. The highest BCUT2D eigenvalue weighted by molar-refractivity contribution is 6.18. The highest BCUT2D eigenvalue weighted by Gasteiger charge is 2.08. The molecule has 0 aromatic carbocycles. The van der Waals surface area contributed by atoms with Crippen molar-refractivity contribution in [2.45, 2.75) is 26.8 Å². The number of alkyl halides is 1. The number of nitrogens with zero attached hydrogens (tertiary/aromatic N) is 2. The van der Waals surface area contributed by atoms with Crippen molar-refractivity contribution in [2.24, 2.45) is 0 Å². The van der Waals surface area contributed by atoms with Gasteiger partial charge in [-0.05, 0) is 27.1 Å². The Kier molecular flexibility index (Phi) is 7.72. The minimum atomic E-state index is 0.484. The van der Waals surface area contributed by atoms with E-state index in [0.717, 1.165) is 32.1 Å². The average molecular weight is 207 g/mol. The second kappa shape index (κ2) is 7.60. The van der Waals surface area contributed by atoms with E-state index in [0.29, 0.717) is 6.04 Å². The highest BCUT2D eigenvalue weighted by Crippen LogP contribution is 1.98. The molecule has 0 saturated heterocycles. The molecular formula is C10H23ClN2. The van der Waals surface area contributed by atoms with Crippen LogP contribution in [0.2, 0.25) is 0 Å². The van der Waals surface area contributed by atoms with Crippen molar-refractivity contribution < 1.29 is 0 Å². The van der Waals surface area contributed by atoms with Gasteiger partial charge < -0.3 is 9.80 Å². The summed E-state index contributed by atoms with van der Waals surface area (Å²) in [6.07, 6.45) is 0. The summed E-state index contributed by atoms with van der Waals surface area (Å²) in [6.45, 7) is 11.1. The lowest BCUT2D eigenvalue weighted by Crippen LogP contribution is -2.38. The average Bonchev–Trinajstić information content (AvgIpc) is 2.17. The zero-order valence-corrected chi connectivity index (χ0v) is 10.1. The fraction of sp³-hybridized carbons (Fsp3) is 1.00. The Morgan fingerprint density at radius 2 is 1.69 bits per heavy atom. The summed E-state index contributed by atoms with van der Waals surface area (Å²) in [6, 6.07) is 0.484. The summed E-state index contributed by atoms with van der Waals surface area (Å²) in [5, 5.41) is 0. The van der Waals surface area contributed by atoms with E-state index in [4.69, 9.17) is 11.6 Å². The van der Waals surface area contributed by atoms with Crippen LogP contribution in [0.1, 0.15) is 20.8 Å². The molecule has 0 spiro atoms. The van der Waals surface area contributed by atoms with Crippen LogP contribution < -0.4 is 0 Å². The third-order valence-electron chi connectivity index (χ3n) is 2.64. The van der Waals surface area contributed by atoms with E-state index in [9.17, 15) is 0 Å². The number of rotatable bonds is 7. The standard InChI is InChI=1S/C10H23ClN2/c1-5-13(6-2)8-7-12(4)10(3)9-11/h10H,5-9H2,1-4H3.